The Morgan fingerprint density at radius 3 is 1.29 bits per heavy atom. The fourth-order valence-electron chi connectivity index (χ4n) is 1.06. The van der Waals surface area contributed by atoms with Crippen LogP contribution in [0, 0.1) is 0 Å². The molecule has 0 nitrogen and oxygen atoms in total. The van der Waals surface area contributed by atoms with Crippen LogP contribution in [-0.4, -0.2) is 17.3 Å². The van der Waals surface area contributed by atoms with E-state index < -0.39 is 17.3 Å². The van der Waals surface area contributed by atoms with E-state index in [-0.39, 0.29) is 0 Å². The fraction of sp³-hybridized carbons (Fsp3) is 0.500. The summed E-state index contributed by atoms with van der Waals surface area (Å²) in [4.78, 5) is 0. The van der Waals surface area contributed by atoms with Gasteiger partial charge in [-0.05, 0) is 0 Å². The summed E-state index contributed by atoms with van der Waals surface area (Å²) in [6.07, 6.45) is 9.82. The van der Waals surface area contributed by atoms with Crippen molar-refractivity contribution in [3.8, 4) is 0 Å². The first-order valence-electron chi connectivity index (χ1n) is 5.40. The van der Waals surface area contributed by atoms with Crippen LogP contribution < -0.4 is 0 Å². The van der Waals surface area contributed by atoms with Crippen LogP contribution in [0.25, 0.3) is 0 Å². The summed E-state index contributed by atoms with van der Waals surface area (Å²) in [6, 6.07) is 0. The zero-order chi connectivity index (χ0) is 10.9. The number of rotatable bonds is 6. The molecule has 0 aromatic rings. The van der Waals surface area contributed by atoms with Gasteiger partial charge < -0.3 is 0 Å². The molecule has 0 bridgehead atoms. The summed E-state index contributed by atoms with van der Waals surface area (Å²) in [7, 11) is 6.63. The van der Waals surface area contributed by atoms with Crippen LogP contribution in [0.3, 0.4) is 0 Å². The number of allylic oxidation sites excluding steroid dienone is 3. The average Bonchev–Trinajstić information content (AvgIpc) is 2.21. The molecule has 0 aliphatic heterocycles. The van der Waals surface area contributed by atoms with Gasteiger partial charge >= 0.3 is 96.7 Å². The summed E-state index contributed by atoms with van der Waals surface area (Å²) in [5.41, 5.74) is 0. The fourth-order valence-corrected chi connectivity index (χ4v) is 8.92. The number of halogens is 1. The minimum atomic E-state index is -2.63. The van der Waals surface area contributed by atoms with Gasteiger partial charge in [0.05, 0.1) is 0 Å². The summed E-state index contributed by atoms with van der Waals surface area (Å²) >= 11 is -2.63. The third-order valence-electron chi connectivity index (χ3n) is 1.83. The molecular formula is C12H21ClSn. The molecule has 0 rings (SSSR count). The molecule has 0 aliphatic carbocycles. The molecule has 0 N–H and O–H groups in total. The Morgan fingerprint density at radius 2 is 1.07 bits per heavy atom. The van der Waals surface area contributed by atoms with Crippen LogP contribution in [0.5, 0.6) is 0 Å². The summed E-state index contributed by atoms with van der Waals surface area (Å²) in [6.45, 7) is 6.44. The average molecular weight is 319 g/mol. The Morgan fingerprint density at radius 1 is 0.786 bits per heavy atom. The van der Waals surface area contributed by atoms with E-state index in [1.165, 1.54) is 0 Å². The third-order valence-corrected chi connectivity index (χ3v) is 10.8. The molecule has 0 amide bonds. The van der Waals surface area contributed by atoms with Crippen molar-refractivity contribution in [2.75, 3.05) is 0 Å². The van der Waals surface area contributed by atoms with Crippen molar-refractivity contribution in [2.24, 2.45) is 0 Å². The number of hydrogen-bond donors (Lipinski definition) is 0. The molecular weight excluding hydrogens is 298 g/mol. The molecule has 0 saturated carbocycles. The molecule has 0 aromatic carbocycles. The van der Waals surface area contributed by atoms with Crippen LogP contribution in [0.15, 0.2) is 30.5 Å². The van der Waals surface area contributed by atoms with Gasteiger partial charge in [-0.3, -0.25) is 0 Å². The van der Waals surface area contributed by atoms with Crippen molar-refractivity contribution in [3.05, 3.63) is 30.5 Å². The van der Waals surface area contributed by atoms with E-state index in [1.54, 1.807) is 0 Å². The molecule has 0 radical (unpaired) electrons. The Labute approximate surface area is 96.3 Å². The maximum absolute atomic E-state index is 6.63. The summed E-state index contributed by atoms with van der Waals surface area (Å²) < 4.78 is 6.78. The van der Waals surface area contributed by atoms with Gasteiger partial charge in [-0.1, -0.05) is 0 Å². The molecule has 0 unspecified atom stereocenters. The second-order valence-electron chi connectivity index (χ2n) is 3.26. The second-order valence-corrected chi connectivity index (χ2v) is 15.2. The summed E-state index contributed by atoms with van der Waals surface area (Å²) in [5.74, 6) is 0. The van der Waals surface area contributed by atoms with Gasteiger partial charge in [0.25, 0.3) is 0 Å². The molecule has 0 fully saturated rings. The standard InChI is InChI=1S/3C4H7.ClH.Sn/c3*1-3-4-2;;/h3*1,3H,4H2,2H3;1H;/q;;;;+1/p-1. The van der Waals surface area contributed by atoms with E-state index >= 15 is 0 Å². The van der Waals surface area contributed by atoms with E-state index in [0.717, 1.165) is 19.3 Å². The molecule has 0 heterocycles. The number of hydrogen-bond acceptors (Lipinski definition) is 0. The van der Waals surface area contributed by atoms with Crippen LogP contribution >= 0.6 is 8.92 Å². The monoisotopic (exact) mass is 320 g/mol. The predicted octanol–water partition coefficient (Wildman–Crippen LogP) is 4.69. The van der Waals surface area contributed by atoms with Crippen molar-refractivity contribution in [3.63, 3.8) is 0 Å². The van der Waals surface area contributed by atoms with Crippen molar-refractivity contribution < 1.29 is 0 Å². The Balaban J connectivity index is 4.56. The SMILES string of the molecule is CCC=[CH][Sn]([Cl])([CH]=CCC)[CH]=CCC. The van der Waals surface area contributed by atoms with Crippen molar-refractivity contribution in [2.45, 2.75) is 40.0 Å². The normalized spacial score (nSPS) is 17.1. The van der Waals surface area contributed by atoms with E-state index in [4.69, 9.17) is 8.92 Å². The van der Waals surface area contributed by atoms with Gasteiger partial charge in [0.2, 0.25) is 0 Å². The van der Waals surface area contributed by atoms with Gasteiger partial charge in [-0.25, -0.2) is 0 Å². The molecule has 80 valence electrons. The van der Waals surface area contributed by atoms with Crippen LogP contribution in [-0.2, 0) is 0 Å². The van der Waals surface area contributed by atoms with Crippen molar-refractivity contribution in [1.82, 2.24) is 0 Å². The summed E-state index contributed by atoms with van der Waals surface area (Å²) in [5, 5.41) is 0. The first-order valence-corrected chi connectivity index (χ1v) is 14.0. The minimum absolute atomic E-state index is 1.07. The molecule has 0 saturated heterocycles. The van der Waals surface area contributed by atoms with Gasteiger partial charge in [-0.2, -0.15) is 0 Å². The van der Waals surface area contributed by atoms with E-state index in [9.17, 15) is 0 Å². The van der Waals surface area contributed by atoms with E-state index in [0.29, 0.717) is 0 Å². The van der Waals surface area contributed by atoms with Gasteiger partial charge in [-0.15, -0.1) is 0 Å². The molecule has 0 spiro atoms. The van der Waals surface area contributed by atoms with Crippen molar-refractivity contribution >= 4 is 26.2 Å². The van der Waals surface area contributed by atoms with Gasteiger partial charge in [0.15, 0.2) is 0 Å². The van der Waals surface area contributed by atoms with Crippen LogP contribution in [0.1, 0.15) is 40.0 Å². The first-order chi connectivity index (χ1) is 6.68. The molecule has 2 heteroatoms. The van der Waals surface area contributed by atoms with E-state index in [1.807, 2.05) is 0 Å². The third kappa shape index (κ3) is 6.72. The van der Waals surface area contributed by atoms with Crippen LogP contribution in [0.4, 0.5) is 0 Å². The Bertz CT molecular complexity index is 180. The maximum atomic E-state index is 6.63. The topological polar surface area (TPSA) is 0 Å². The van der Waals surface area contributed by atoms with Crippen molar-refractivity contribution in [1.29, 1.82) is 0 Å². The van der Waals surface area contributed by atoms with Gasteiger partial charge in [0, 0.05) is 0 Å². The quantitative estimate of drug-likeness (QED) is 0.623. The zero-order valence-corrected chi connectivity index (χ0v) is 13.1. The zero-order valence-electron chi connectivity index (χ0n) is 9.46. The molecule has 0 aliphatic rings. The predicted molar refractivity (Wildman–Crippen MR) is 69.9 cm³/mol. The molecule has 0 aromatic heterocycles. The molecule has 14 heavy (non-hydrogen) atoms. The Hall–Kier alpha value is 0.309. The van der Waals surface area contributed by atoms with Crippen LogP contribution in [0.2, 0.25) is 0 Å². The van der Waals surface area contributed by atoms with E-state index in [2.05, 4.69) is 51.3 Å². The second kappa shape index (κ2) is 8.60. The molecule has 0 atom stereocenters. The Kier molecular flexibility index (Phi) is 8.79. The first kappa shape index (κ1) is 14.3. The van der Waals surface area contributed by atoms with Gasteiger partial charge in [0.1, 0.15) is 0 Å².